The van der Waals surface area contributed by atoms with E-state index in [2.05, 4.69) is 5.32 Å². The number of hydrogen-bond donors (Lipinski definition) is 1. The highest BCUT2D eigenvalue weighted by Crippen LogP contribution is 2.38. The summed E-state index contributed by atoms with van der Waals surface area (Å²) in [5.41, 5.74) is 1.43. The van der Waals surface area contributed by atoms with Gasteiger partial charge in [0.15, 0.2) is 0 Å². The minimum atomic E-state index is -0.483. The predicted molar refractivity (Wildman–Crippen MR) is 96.7 cm³/mol. The molecule has 0 spiro atoms. The quantitative estimate of drug-likeness (QED) is 0.909. The van der Waals surface area contributed by atoms with Gasteiger partial charge in [0.05, 0.1) is 24.8 Å². The van der Waals surface area contributed by atoms with Gasteiger partial charge in [0.25, 0.3) is 0 Å². The van der Waals surface area contributed by atoms with Crippen LogP contribution in [0.1, 0.15) is 18.0 Å². The fraction of sp³-hybridized carbons (Fsp3) is 0.263. The van der Waals surface area contributed by atoms with E-state index < -0.39 is 5.92 Å². The molecule has 1 saturated heterocycles. The van der Waals surface area contributed by atoms with Crippen LogP contribution in [-0.4, -0.2) is 30.9 Å². The highest BCUT2D eigenvalue weighted by molar-refractivity contribution is 6.31. The SMILES string of the molecule is COc1ccc(Cl)cc1NC(=O)[C@H]1CC(=O)N(C)[C@H]1c1ccccc1. The summed E-state index contributed by atoms with van der Waals surface area (Å²) < 4.78 is 5.27. The van der Waals surface area contributed by atoms with E-state index in [1.54, 1.807) is 30.1 Å². The fourth-order valence-electron chi connectivity index (χ4n) is 3.21. The van der Waals surface area contributed by atoms with Crippen molar-refractivity contribution < 1.29 is 14.3 Å². The molecule has 130 valence electrons. The second kappa shape index (κ2) is 7.15. The van der Waals surface area contributed by atoms with Crippen molar-refractivity contribution in [2.45, 2.75) is 12.5 Å². The number of anilines is 1. The number of ether oxygens (including phenoxy) is 1. The van der Waals surface area contributed by atoms with E-state index in [4.69, 9.17) is 16.3 Å². The summed E-state index contributed by atoms with van der Waals surface area (Å²) in [6, 6.07) is 14.3. The molecule has 2 aromatic carbocycles. The number of halogens is 1. The molecule has 25 heavy (non-hydrogen) atoms. The topological polar surface area (TPSA) is 58.6 Å². The Morgan fingerprint density at radius 2 is 1.96 bits per heavy atom. The van der Waals surface area contributed by atoms with Crippen LogP contribution in [0.15, 0.2) is 48.5 Å². The first kappa shape index (κ1) is 17.3. The summed E-state index contributed by atoms with van der Waals surface area (Å²) in [4.78, 5) is 26.7. The lowest BCUT2D eigenvalue weighted by atomic mass is 9.93. The average molecular weight is 359 g/mol. The molecule has 2 amide bonds. The summed E-state index contributed by atoms with van der Waals surface area (Å²) >= 11 is 6.02. The van der Waals surface area contributed by atoms with Crippen LogP contribution in [0.3, 0.4) is 0 Å². The molecule has 0 radical (unpaired) electrons. The summed E-state index contributed by atoms with van der Waals surface area (Å²) in [6.45, 7) is 0. The molecule has 2 aromatic rings. The Morgan fingerprint density at radius 3 is 2.64 bits per heavy atom. The lowest BCUT2D eigenvalue weighted by molar-refractivity contribution is -0.127. The number of hydrogen-bond acceptors (Lipinski definition) is 3. The van der Waals surface area contributed by atoms with Gasteiger partial charge in [-0.25, -0.2) is 0 Å². The number of rotatable bonds is 4. The van der Waals surface area contributed by atoms with E-state index in [-0.39, 0.29) is 24.3 Å². The summed E-state index contributed by atoms with van der Waals surface area (Å²) in [7, 11) is 3.26. The first-order valence-electron chi connectivity index (χ1n) is 7.96. The Bertz CT molecular complexity index is 795. The van der Waals surface area contributed by atoms with Gasteiger partial charge in [0.1, 0.15) is 5.75 Å². The minimum absolute atomic E-state index is 0.0490. The van der Waals surface area contributed by atoms with Gasteiger partial charge in [-0.2, -0.15) is 0 Å². The standard InChI is InChI=1S/C19H19ClN2O3/c1-22-17(23)11-14(18(22)12-6-4-3-5-7-12)19(24)21-15-10-13(20)8-9-16(15)25-2/h3-10,14,18H,11H2,1-2H3,(H,21,24)/t14-,18-/m0/s1. The molecule has 0 unspecified atom stereocenters. The maximum Gasteiger partial charge on any atom is 0.230 e. The van der Waals surface area contributed by atoms with Crippen molar-refractivity contribution in [3.05, 3.63) is 59.1 Å². The molecular weight excluding hydrogens is 340 g/mol. The largest absolute Gasteiger partial charge is 0.495 e. The molecular formula is C19H19ClN2O3. The van der Waals surface area contributed by atoms with E-state index >= 15 is 0 Å². The van der Waals surface area contributed by atoms with Crippen LogP contribution < -0.4 is 10.1 Å². The molecule has 0 aromatic heterocycles. The van der Waals surface area contributed by atoms with Crippen molar-refractivity contribution in [2.75, 3.05) is 19.5 Å². The fourth-order valence-corrected chi connectivity index (χ4v) is 3.39. The number of methoxy groups -OCH3 is 1. The summed E-state index contributed by atoms with van der Waals surface area (Å²) in [6.07, 6.45) is 0.171. The second-order valence-corrected chi connectivity index (χ2v) is 6.44. The van der Waals surface area contributed by atoms with Gasteiger partial charge >= 0.3 is 0 Å². The number of carbonyl (C=O) groups excluding carboxylic acids is 2. The number of nitrogens with zero attached hydrogens (tertiary/aromatic N) is 1. The molecule has 6 heteroatoms. The second-order valence-electron chi connectivity index (χ2n) is 6.00. The molecule has 3 rings (SSSR count). The number of likely N-dealkylation sites (tertiary alicyclic amines) is 1. The third-order valence-corrected chi connectivity index (χ3v) is 4.72. The predicted octanol–water partition coefficient (Wildman–Crippen LogP) is 3.51. The maximum absolute atomic E-state index is 12.9. The molecule has 2 atom stereocenters. The Balaban J connectivity index is 1.88. The molecule has 5 nitrogen and oxygen atoms in total. The minimum Gasteiger partial charge on any atom is -0.495 e. The van der Waals surface area contributed by atoms with Crippen molar-refractivity contribution in [1.82, 2.24) is 4.90 Å². The van der Waals surface area contributed by atoms with Crippen LogP contribution in [-0.2, 0) is 9.59 Å². The first-order chi connectivity index (χ1) is 12.0. The molecule has 1 aliphatic heterocycles. The van der Waals surface area contributed by atoms with E-state index in [1.807, 2.05) is 30.3 Å². The third-order valence-electron chi connectivity index (χ3n) is 4.48. The number of amides is 2. The highest BCUT2D eigenvalue weighted by atomic mass is 35.5. The van der Waals surface area contributed by atoms with Crippen molar-refractivity contribution in [3.8, 4) is 5.75 Å². The molecule has 1 N–H and O–H groups in total. The van der Waals surface area contributed by atoms with Crippen LogP contribution in [0.2, 0.25) is 5.02 Å². The van der Waals surface area contributed by atoms with E-state index in [0.29, 0.717) is 16.5 Å². The molecule has 1 aliphatic rings. The van der Waals surface area contributed by atoms with Crippen LogP contribution in [0.25, 0.3) is 0 Å². The van der Waals surface area contributed by atoms with Gasteiger partial charge in [-0.15, -0.1) is 0 Å². The van der Waals surface area contributed by atoms with Crippen molar-refractivity contribution in [3.63, 3.8) is 0 Å². The Morgan fingerprint density at radius 1 is 1.24 bits per heavy atom. The Kier molecular flexibility index (Phi) is 4.95. The summed E-state index contributed by atoms with van der Waals surface area (Å²) in [5.74, 6) is -0.241. The van der Waals surface area contributed by atoms with E-state index in [0.717, 1.165) is 5.56 Å². The number of carbonyl (C=O) groups is 2. The van der Waals surface area contributed by atoms with Gasteiger partial charge in [-0.1, -0.05) is 41.9 Å². The molecule has 1 fully saturated rings. The van der Waals surface area contributed by atoms with E-state index in [9.17, 15) is 9.59 Å². The van der Waals surface area contributed by atoms with Crippen molar-refractivity contribution in [1.29, 1.82) is 0 Å². The normalized spacial score (nSPS) is 19.8. The smallest absolute Gasteiger partial charge is 0.230 e. The van der Waals surface area contributed by atoms with Gasteiger partial charge < -0.3 is 15.0 Å². The van der Waals surface area contributed by atoms with Crippen LogP contribution in [0, 0.1) is 5.92 Å². The maximum atomic E-state index is 12.9. The molecule has 0 aliphatic carbocycles. The van der Waals surface area contributed by atoms with E-state index in [1.165, 1.54) is 7.11 Å². The van der Waals surface area contributed by atoms with Crippen LogP contribution in [0.4, 0.5) is 5.69 Å². The Hall–Kier alpha value is -2.53. The lowest BCUT2D eigenvalue weighted by Gasteiger charge is -2.25. The van der Waals surface area contributed by atoms with Gasteiger partial charge in [-0.05, 0) is 23.8 Å². The Labute approximate surface area is 151 Å². The zero-order chi connectivity index (χ0) is 18.0. The number of nitrogens with one attached hydrogen (secondary N) is 1. The lowest BCUT2D eigenvalue weighted by Crippen LogP contribution is -2.30. The molecule has 1 heterocycles. The average Bonchev–Trinajstić information content (AvgIpc) is 2.91. The molecule has 0 bridgehead atoms. The zero-order valence-electron chi connectivity index (χ0n) is 14.0. The number of benzene rings is 2. The summed E-state index contributed by atoms with van der Waals surface area (Å²) in [5, 5.41) is 3.35. The molecule has 0 saturated carbocycles. The van der Waals surface area contributed by atoms with Gasteiger partial charge in [-0.3, -0.25) is 9.59 Å². The van der Waals surface area contributed by atoms with Crippen molar-refractivity contribution in [2.24, 2.45) is 5.92 Å². The third kappa shape index (κ3) is 3.46. The van der Waals surface area contributed by atoms with Gasteiger partial charge in [0.2, 0.25) is 11.8 Å². The first-order valence-corrected chi connectivity index (χ1v) is 8.34. The zero-order valence-corrected chi connectivity index (χ0v) is 14.8. The highest BCUT2D eigenvalue weighted by Gasteiger charge is 2.42. The van der Waals surface area contributed by atoms with Crippen LogP contribution >= 0.6 is 11.6 Å². The monoisotopic (exact) mass is 358 g/mol. The van der Waals surface area contributed by atoms with Crippen LogP contribution in [0.5, 0.6) is 5.75 Å². The van der Waals surface area contributed by atoms with Gasteiger partial charge in [0, 0.05) is 18.5 Å². The van der Waals surface area contributed by atoms with Crippen molar-refractivity contribution >= 4 is 29.1 Å².